The summed E-state index contributed by atoms with van der Waals surface area (Å²) in [7, 11) is 0. The van der Waals surface area contributed by atoms with Crippen molar-refractivity contribution in [3.63, 3.8) is 0 Å². The van der Waals surface area contributed by atoms with Gasteiger partial charge in [0.1, 0.15) is 0 Å². The van der Waals surface area contributed by atoms with E-state index in [1.807, 2.05) is 6.92 Å². The smallest absolute Gasteiger partial charge is 0.162 e. The third kappa shape index (κ3) is 6.81. The Morgan fingerprint density at radius 1 is 0.857 bits per heavy atom. The van der Waals surface area contributed by atoms with E-state index in [-0.39, 0.29) is 31.7 Å². The Balaban J connectivity index is 1.25. The van der Waals surface area contributed by atoms with Gasteiger partial charge in [0.25, 0.3) is 0 Å². The third-order valence-electron chi connectivity index (χ3n) is 8.46. The highest BCUT2D eigenvalue weighted by Gasteiger charge is 2.36. The lowest BCUT2D eigenvalue weighted by Crippen LogP contribution is -2.44. The number of benzene rings is 1. The summed E-state index contributed by atoms with van der Waals surface area (Å²) in [6.45, 7) is 4.62. The summed E-state index contributed by atoms with van der Waals surface area (Å²) < 4.78 is 61.6. The molecule has 3 fully saturated rings. The Labute approximate surface area is 209 Å². The van der Waals surface area contributed by atoms with E-state index in [0.717, 1.165) is 25.2 Å². The molecule has 3 aliphatic rings. The lowest BCUT2D eigenvalue weighted by molar-refractivity contribution is -0.236. The highest BCUT2D eigenvalue weighted by Crippen LogP contribution is 2.40. The Kier molecular flexibility index (Phi) is 9.56. The van der Waals surface area contributed by atoms with Gasteiger partial charge in [0.15, 0.2) is 23.6 Å². The highest BCUT2D eigenvalue weighted by molar-refractivity contribution is 5.29. The van der Waals surface area contributed by atoms with Crippen molar-refractivity contribution in [2.24, 2.45) is 11.8 Å². The van der Waals surface area contributed by atoms with Crippen molar-refractivity contribution in [1.82, 2.24) is 0 Å². The maximum Gasteiger partial charge on any atom is 0.162 e. The Hall–Kier alpha value is -1.11. The van der Waals surface area contributed by atoms with Crippen LogP contribution in [0.25, 0.3) is 0 Å². The molecule has 0 spiro atoms. The van der Waals surface area contributed by atoms with Crippen LogP contribution in [0, 0.1) is 23.5 Å². The second kappa shape index (κ2) is 12.4. The van der Waals surface area contributed by atoms with Gasteiger partial charge in [-0.2, -0.15) is 0 Å². The minimum absolute atomic E-state index is 0.00978. The maximum absolute atomic E-state index is 15.0. The lowest BCUT2D eigenvalue weighted by atomic mass is 9.75. The molecular formula is C29H43F3O3. The van der Waals surface area contributed by atoms with Crippen LogP contribution >= 0.6 is 0 Å². The zero-order valence-corrected chi connectivity index (χ0v) is 21.5. The highest BCUT2D eigenvalue weighted by atomic mass is 19.2. The second-order valence-corrected chi connectivity index (χ2v) is 11.1. The van der Waals surface area contributed by atoms with E-state index in [1.165, 1.54) is 38.5 Å². The van der Waals surface area contributed by atoms with Crippen LogP contribution in [0.5, 0.6) is 0 Å². The summed E-state index contributed by atoms with van der Waals surface area (Å²) in [5.41, 5.74) is -0.717. The first kappa shape index (κ1) is 26.9. The molecule has 2 atom stereocenters. The molecule has 0 N–H and O–H groups in total. The fourth-order valence-electron chi connectivity index (χ4n) is 6.37. The van der Waals surface area contributed by atoms with E-state index in [2.05, 4.69) is 6.92 Å². The van der Waals surface area contributed by atoms with Crippen molar-refractivity contribution >= 4 is 0 Å². The molecule has 1 saturated carbocycles. The van der Waals surface area contributed by atoms with E-state index in [0.29, 0.717) is 36.5 Å². The normalized spacial score (nSPS) is 34.1. The van der Waals surface area contributed by atoms with E-state index < -0.39 is 23.6 Å². The van der Waals surface area contributed by atoms with Crippen molar-refractivity contribution in [1.29, 1.82) is 0 Å². The summed E-state index contributed by atoms with van der Waals surface area (Å²) >= 11 is 0. The molecule has 2 aliphatic heterocycles. The fraction of sp³-hybridized carbons (Fsp3) is 0.793. The van der Waals surface area contributed by atoms with Crippen LogP contribution in [0.1, 0.15) is 102 Å². The topological polar surface area (TPSA) is 27.7 Å². The van der Waals surface area contributed by atoms with Gasteiger partial charge in [0.2, 0.25) is 0 Å². The van der Waals surface area contributed by atoms with Crippen LogP contribution in [0.2, 0.25) is 0 Å². The van der Waals surface area contributed by atoms with Crippen LogP contribution in [0.15, 0.2) is 12.1 Å². The third-order valence-corrected chi connectivity index (χ3v) is 8.46. The van der Waals surface area contributed by atoms with Crippen molar-refractivity contribution < 1.29 is 27.4 Å². The largest absolute Gasteiger partial charge is 0.377 e. The number of ether oxygens (including phenoxy) is 3. The summed E-state index contributed by atoms with van der Waals surface area (Å²) in [6.07, 6.45) is 10.9. The van der Waals surface area contributed by atoms with Gasteiger partial charge in [0, 0.05) is 12.3 Å². The summed E-state index contributed by atoms with van der Waals surface area (Å²) in [4.78, 5) is 0. The SMILES string of the molecule is CCCC1CCC(C2CCC(c3ccc(CCC4OCC(F)(CCC)CO4)c(F)c3F)CO2)CC1. The molecular weight excluding hydrogens is 453 g/mol. The zero-order chi connectivity index (χ0) is 24.8. The van der Waals surface area contributed by atoms with Crippen molar-refractivity contribution in [3.8, 4) is 0 Å². The molecule has 0 amide bonds. The van der Waals surface area contributed by atoms with Crippen LogP contribution in [0.4, 0.5) is 13.2 Å². The lowest BCUT2D eigenvalue weighted by Gasteiger charge is -2.38. The second-order valence-electron chi connectivity index (χ2n) is 11.1. The van der Waals surface area contributed by atoms with Gasteiger partial charge in [0.05, 0.1) is 25.9 Å². The molecule has 35 heavy (non-hydrogen) atoms. The quantitative estimate of drug-likeness (QED) is 0.351. The monoisotopic (exact) mass is 496 g/mol. The summed E-state index contributed by atoms with van der Waals surface area (Å²) in [6, 6.07) is 3.39. The summed E-state index contributed by atoms with van der Waals surface area (Å²) in [5.74, 6) is -0.168. The molecule has 4 rings (SSSR count). The Morgan fingerprint density at radius 2 is 1.60 bits per heavy atom. The summed E-state index contributed by atoms with van der Waals surface area (Å²) in [5, 5.41) is 0. The average molecular weight is 497 g/mol. The van der Waals surface area contributed by atoms with E-state index in [4.69, 9.17) is 14.2 Å². The number of hydrogen-bond donors (Lipinski definition) is 0. The number of rotatable bonds is 9. The molecule has 0 aromatic heterocycles. The first-order chi connectivity index (χ1) is 16.9. The Bertz CT molecular complexity index is 793. The van der Waals surface area contributed by atoms with Crippen molar-refractivity contribution in [3.05, 3.63) is 34.9 Å². The first-order valence-electron chi connectivity index (χ1n) is 13.9. The van der Waals surface area contributed by atoms with Gasteiger partial charge >= 0.3 is 0 Å². The molecule has 2 saturated heterocycles. The van der Waals surface area contributed by atoms with E-state index in [9.17, 15) is 8.78 Å². The maximum atomic E-state index is 15.0. The molecule has 1 aliphatic carbocycles. The predicted octanol–water partition coefficient (Wildman–Crippen LogP) is 7.65. The van der Waals surface area contributed by atoms with E-state index >= 15 is 4.39 Å². The molecule has 2 heterocycles. The van der Waals surface area contributed by atoms with Gasteiger partial charge in [-0.25, -0.2) is 13.2 Å². The molecule has 1 aromatic carbocycles. The van der Waals surface area contributed by atoms with Gasteiger partial charge in [-0.3, -0.25) is 0 Å². The molecule has 6 heteroatoms. The molecule has 198 valence electrons. The van der Waals surface area contributed by atoms with Crippen LogP contribution < -0.4 is 0 Å². The molecule has 1 aromatic rings. The van der Waals surface area contributed by atoms with E-state index in [1.54, 1.807) is 12.1 Å². The number of hydrogen-bond acceptors (Lipinski definition) is 3. The van der Waals surface area contributed by atoms with Crippen molar-refractivity contribution in [2.45, 2.75) is 115 Å². The average Bonchev–Trinajstić information content (AvgIpc) is 2.87. The van der Waals surface area contributed by atoms with Gasteiger partial charge in [-0.1, -0.05) is 58.1 Å². The molecule has 0 radical (unpaired) electrons. The fourth-order valence-corrected chi connectivity index (χ4v) is 6.37. The first-order valence-corrected chi connectivity index (χ1v) is 13.9. The molecule has 2 unspecified atom stereocenters. The number of aryl methyl sites for hydroxylation is 1. The minimum atomic E-state index is -1.44. The minimum Gasteiger partial charge on any atom is -0.377 e. The molecule has 3 nitrogen and oxygen atoms in total. The van der Waals surface area contributed by atoms with Crippen LogP contribution in [0.3, 0.4) is 0 Å². The van der Waals surface area contributed by atoms with Crippen LogP contribution in [-0.4, -0.2) is 37.9 Å². The van der Waals surface area contributed by atoms with Gasteiger partial charge < -0.3 is 14.2 Å². The number of alkyl halides is 1. The zero-order valence-electron chi connectivity index (χ0n) is 21.5. The van der Waals surface area contributed by atoms with Crippen LogP contribution in [-0.2, 0) is 20.6 Å². The van der Waals surface area contributed by atoms with Gasteiger partial charge in [-0.05, 0) is 61.5 Å². The van der Waals surface area contributed by atoms with Crippen molar-refractivity contribution in [2.75, 3.05) is 19.8 Å². The predicted molar refractivity (Wildman–Crippen MR) is 131 cm³/mol. The molecule has 0 bridgehead atoms. The standard InChI is InChI=1S/C29H43F3O3/c1-3-5-20-6-8-21(9-7-20)25-14-11-23(17-33-25)24-13-10-22(27(30)28(24)31)12-15-26-34-18-29(32,16-4-2)19-35-26/h10,13,20-21,23,25-26H,3-9,11-12,14-19H2,1-2H3. The number of halogens is 3. The van der Waals surface area contributed by atoms with Gasteiger partial charge in [-0.15, -0.1) is 0 Å². The Morgan fingerprint density at radius 3 is 2.23 bits per heavy atom.